The van der Waals surface area contributed by atoms with Gasteiger partial charge in [-0.1, -0.05) is 0 Å². The highest BCUT2D eigenvalue weighted by Crippen LogP contribution is 2.36. The Morgan fingerprint density at radius 3 is 2.47 bits per heavy atom. The monoisotopic (exact) mass is 450 g/mol. The predicted octanol–water partition coefficient (Wildman–Crippen LogP) is 2.90. The maximum atomic E-state index is 13.0. The molecule has 0 radical (unpaired) electrons. The normalized spacial score (nSPS) is 12.7. The van der Waals surface area contributed by atoms with Crippen molar-refractivity contribution in [3.63, 3.8) is 0 Å². The van der Waals surface area contributed by atoms with E-state index in [9.17, 15) is 18.7 Å². The van der Waals surface area contributed by atoms with Crippen molar-refractivity contribution < 1.29 is 32.9 Å². The number of carbonyl (C=O) groups is 1. The molecule has 2 aromatic heterocycles. The molecule has 32 heavy (non-hydrogen) atoms. The zero-order chi connectivity index (χ0) is 23.6. The number of hydrogen-bond acceptors (Lipinski definition) is 7. The molecule has 0 fully saturated rings. The molecule has 3 rings (SSSR count). The van der Waals surface area contributed by atoms with Gasteiger partial charge in [0.05, 0.1) is 30.8 Å². The smallest absolute Gasteiger partial charge is 0.387 e. The van der Waals surface area contributed by atoms with Gasteiger partial charge in [0.25, 0.3) is 5.91 Å². The lowest BCUT2D eigenvalue weighted by Crippen LogP contribution is -2.37. The lowest BCUT2D eigenvalue weighted by Gasteiger charge is -2.26. The van der Waals surface area contributed by atoms with Crippen LogP contribution >= 0.6 is 0 Å². The first-order valence-corrected chi connectivity index (χ1v) is 9.67. The van der Waals surface area contributed by atoms with Gasteiger partial charge in [0.2, 0.25) is 0 Å². The molecule has 1 atom stereocenters. The number of rotatable bonds is 8. The maximum absolute atomic E-state index is 13.0. The van der Waals surface area contributed by atoms with Crippen LogP contribution in [0.4, 0.5) is 8.78 Å². The van der Waals surface area contributed by atoms with Gasteiger partial charge in [-0.15, -0.1) is 0 Å². The van der Waals surface area contributed by atoms with E-state index in [-0.39, 0.29) is 17.1 Å². The van der Waals surface area contributed by atoms with E-state index in [0.717, 1.165) is 0 Å². The van der Waals surface area contributed by atoms with Crippen molar-refractivity contribution >= 4 is 11.6 Å². The number of aliphatic hydroxyl groups is 1. The molecule has 1 amide bonds. The summed E-state index contributed by atoms with van der Waals surface area (Å²) in [6.07, 6.45) is 2.44. The number of ether oxygens (including phenoxy) is 3. The fraction of sp³-hybridized carbons (Fsp3) is 0.381. The lowest BCUT2D eigenvalue weighted by molar-refractivity contribution is -0.0502. The highest BCUT2D eigenvalue weighted by atomic mass is 19.3. The molecule has 0 bridgehead atoms. The van der Waals surface area contributed by atoms with E-state index in [1.807, 2.05) is 0 Å². The van der Waals surface area contributed by atoms with E-state index in [2.05, 4.69) is 20.1 Å². The summed E-state index contributed by atoms with van der Waals surface area (Å²) in [5, 5.41) is 16.7. The summed E-state index contributed by atoms with van der Waals surface area (Å²) >= 11 is 0. The number of benzene rings is 1. The second kappa shape index (κ2) is 8.95. The largest absolute Gasteiger partial charge is 0.496 e. The van der Waals surface area contributed by atoms with Gasteiger partial charge in [0.15, 0.2) is 5.65 Å². The molecule has 172 valence electrons. The number of imidazole rings is 1. The number of fused-ring (bicyclic) bond motifs is 1. The molecule has 0 aliphatic carbocycles. The number of halogens is 2. The van der Waals surface area contributed by atoms with Crippen LogP contribution in [0, 0.1) is 0 Å². The topological polar surface area (TPSA) is 107 Å². The molecular weight excluding hydrogens is 426 g/mol. The maximum Gasteiger partial charge on any atom is 0.387 e. The Morgan fingerprint density at radius 1 is 1.19 bits per heavy atom. The van der Waals surface area contributed by atoms with Crippen molar-refractivity contribution in [2.75, 3.05) is 14.2 Å². The zero-order valence-corrected chi connectivity index (χ0v) is 18.2. The summed E-state index contributed by atoms with van der Waals surface area (Å²) in [7, 11) is 2.69. The summed E-state index contributed by atoms with van der Waals surface area (Å²) in [4.78, 5) is 16.5. The second-order valence-corrected chi connectivity index (χ2v) is 7.53. The first kappa shape index (κ1) is 23.2. The van der Waals surface area contributed by atoms with Crippen molar-refractivity contribution in [1.82, 2.24) is 19.9 Å². The van der Waals surface area contributed by atoms with Crippen LogP contribution in [0.15, 0.2) is 30.6 Å². The van der Waals surface area contributed by atoms with E-state index in [1.54, 1.807) is 26.8 Å². The minimum Gasteiger partial charge on any atom is -0.496 e. The van der Waals surface area contributed by atoms with Crippen LogP contribution in [0.5, 0.6) is 17.2 Å². The molecule has 9 nitrogen and oxygen atoms in total. The Morgan fingerprint density at radius 2 is 1.88 bits per heavy atom. The Bertz CT molecular complexity index is 1130. The van der Waals surface area contributed by atoms with E-state index >= 15 is 0 Å². The van der Waals surface area contributed by atoms with E-state index in [4.69, 9.17) is 9.47 Å². The number of nitrogens with zero attached hydrogens (tertiary/aromatic N) is 3. The van der Waals surface area contributed by atoms with Gasteiger partial charge >= 0.3 is 6.61 Å². The minimum atomic E-state index is -3.14. The molecule has 1 unspecified atom stereocenters. The molecule has 0 aliphatic rings. The van der Waals surface area contributed by atoms with Crippen LogP contribution in [0.25, 0.3) is 16.9 Å². The Labute approximate surface area is 182 Å². The van der Waals surface area contributed by atoms with Gasteiger partial charge in [-0.2, -0.15) is 13.9 Å². The number of nitrogens with one attached hydrogen (secondary N) is 1. The van der Waals surface area contributed by atoms with Gasteiger partial charge in [0, 0.05) is 18.7 Å². The second-order valence-electron chi connectivity index (χ2n) is 7.53. The van der Waals surface area contributed by atoms with Crippen molar-refractivity contribution in [3.8, 4) is 28.5 Å². The average molecular weight is 450 g/mol. The fourth-order valence-corrected chi connectivity index (χ4v) is 2.91. The molecule has 0 aliphatic heterocycles. The van der Waals surface area contributed by atoms with Crippen molar-refractivity contribution in [2.24, 2.45) is 0 Å². The molecule has 11 heteroatoms. The van der Waals surface area contributed by atoms with Gasteiger partial charge in [-0.3, -0.25) is 4.79 Å². The Balaban J connectivity index is 2.07. The van der Waals surface area contributed by atoms with Crippen LogP contribution in [0.1, 0.15) is 31.1 Å². The predicted molar refractivity (Wildman–Crippen MR) is 111 cm³/mol. The third kappa shape index (κ3) is 4.72. The van der Waals surface area contributed by atoms with Crippen LogP contribution < -0.4 is 19.5 Å². The van der Waals surface area contributed by atoms with Crippen molar-refractivity contribution in [2.45, 2.75) is 39.1 Å². The zero-order valence-electron chi connectivity index (χ0n) is 18.2. The molecule has 2 heterocycles. The Hall–Kier alpha value is -3.47. The van der Waals surface area contributed by atoms with Crippen molar-refractivity contribution in [3.05, 3.63) is 36.2 Å². The van der Waals surface area contributed by atoms with E-state index in [0.29, 0.717) is 22.7 Å². The molecule has 0 saturated heterocycles. The SMILES string of the molecule is CNC(=O)c1c(OC)cc(-c2cnc3cc(OC(C)C(C)(C)O)cnn23)cc1OC(F)F. The number of carbonyl (C=O) groups excluding carboxylic acids is 1. The summed E-state index contributed by atoms with van der Waals surface area (Å²) in [6, 6.07) is 4.44. The number of methoxy groups -OCH3 is 1. The van der Waals surface area contributed by atoms with Crippen LogP contribution in [0.2, 0.25) is 0 Å². The molecular formula is C21H24F2N4O5. The number of aromatic nitrogens is 3. The summed E-state index contributed by atoms with van der Waals surface area (Å²) < 4.78 is 43.1. The highest BCUT2D eigenvalue weighted by molar-refractivity contribution is 6.00. The lowest BCUT2D eigenvalue weighted by atomic mass is 10.0. The van der Waals surface area contributed by atoms with Gasteiger partial charge in [-0.05, 0) is 32.9 Å². The van der Waals surface area contributed by atoms with Gasteiger partial charge in [0.1, 0.15) is 28.9 Å². The summed E-state index contributed by atoms with van der Waals surface area (Å²) in [5.41, 5.74) is 0.0477. The Kier molecular flexibility index (Phi) is 6.49. The number of amides is 1. The molecule has 1 aromatic carbocycles. The molecule has 2 N–H and O–H groups in total. The number of hydrogen-bond donors (Lipinski definition) is 2. The third-order valence-corrected chi connectivity index (χ3v) is 4.90. The van der Waals surface area contributed by atoms with Gasteiger partial charge in [-0.25, -0.2) is 9.50 Å². The highest BCUT2D eigenvalue weighted by Gasteiger charge is 2.25. The van der Waals surface area contributed by atoms with E-state index in [1.165, 1.54) is 43.2 Å². The summed E-state index contributed by atoms with van der Waals surface area (Å²) in [6.45, 7) is 1.85. The van der Waals surface area contributed by atoms with Gasteiger partial charge < -0.3 is 24.6 Å². The van der Waals surface area contributed by atoms with Crippen LogP contribution in [-0.2, 0) is 0 Å². The summed E-state index contributed by atoms with van der Waals surface area (Å²) in [5.74, 6) is -0.532. The van der Waals surface area contributed by atoms with E-state index < -0.39 is 24.2 Å². The molecule has 0 saturated carbocycles. The molecule has 3 aromatic rings. The first-order chi connectivity index (χ1) is 15.0. The van der Waals surface area contributed by atoms with Crippen LogP contribution in [0.3, 0.4) is 0 Å². The molecule has 0 spiro atoms. The quantitative estimate of drug-likeness (QED) is 0.543. The third-order valence-electron chi connectivity index (χ3n) is 4.90. The minimum absolute atomic E-state index is 0.0476. The fourth-order valence-electron chi connectivity index (χ4n) is 2.91. The standard InChI is InChI=1S/C21H24F2N4O5/c1-11(21(2,3)29)31-13-8-17-25-10-14(27(17)26-9-13)12-6-15(30-5)18(19(28)24-4)16(7-12)32-20(22)23/h6-11,20,29H,1-5H3,(H,24,28). The number of alkyl halides is 2. The average Bonchev–Trinajstić information content (AvgIpc) is 3.14. The van der Waals surface area contributed by atoms with Crippen molar-refractivity contribution in [1.29, 1.82) is 0 Å². The van der Waals surface area contributed by atoms with Crippen LogP contribution in [-0.4, -0.2) is 58.1 Å². The first-order valence-electron chi connectivity index (χ1n) is 9.67.